The molecule has 0 radical (unpaired) electrons. The van der Waals surface area contributed by atoms with Crippen LogP contribution in [-0.2, 0) is 11.2 Å². The smallest absolute Gasteiger partial charge is 0.264 e. The van der Waals surface area contributed by atoms with Crippen molar-refractivity contribution in [3.8, 4) is 5.75 Å². The Morgan fingerprint density at radius 1 is 1.38 bits per heavy atom. The normalized spacial score (nSPS) is 25.6. The molecule has 0 aliphatic carbocycles. The van der Waals surface area contributed by atoms with Crippen LogP contribution in [0.3, 0.4) is 0 Å². The summed E-state index contributed by atoms with van der Waals surface area (Å²) in [5.74, 6) is 2.10. The first-order chi connectivity index (χ1) is 11.7. The standard InChI is InChI=1S/C18H21N3O3/c1-3-15-19-17(20-24-15)13-8-6-10-21(13)18(22)16-11(2)12-7-4-5-9-14(12)23-16/h4-5,7,9,11,13,16H,3,6,8,10H2,1-2H3/t11-,13-,16-/m0/s1. The van der Waals surface area contributed by atoms with Crippen LogP contribution in [0.2, 0.25) is 0 Å². The quantitative estimate of drug-likeness (QED) is 0.867. The van der Waals surface area contributed by atoms with Crippen molar-refractivity contribution in [3.05, 3.63) is 41.5 Å². The van der Waals surface area contributed by atoms with Crippen molar-refractivity contribution >= 4 is 5.91 Å². The number of rotatable bonds is 3. The Balaban J connectivity index is 1.56. The van der Waals surface area contributed by atoms with Gasteiger partial charge < -0.3 is 14.2 Å². The molecule has 4 rings (SSSR count). The van der Waals surface area contributed by atoms with Crippen molar-refractivity contribution < 1.29 is 14.1 Å². The van der Waals surface area contributed by atoms with Crippen LogP contribution in [0, 0.1) is 0 Å². The highest BCUT2D eigenvalue weighted by molar-refractivity contribution is 5.84. The summed E-state index contributed by atoms with van der Waals surface area (Å²) in [4.78, 5) is 19.4. The third kappa shape index (κ3) is 2.37. The lowest BCUT2D eigenvalue weighted by Crippen LogP contribution is -2.42. The summed E-state index contributed by atoms with van der Waals surface area (Å²) in [6.07, 6.45) is 2.04. The third-order valence-corrected chi connectivity index (χ3v) is 4.98. The van der Waals surface area contributed by atoms with Crippen LogP contribution in [0.4, 0.5) is 0 Å². The van der Waals surface area contributed by atoms with Gasteiger partial charge in [0, 0.05) is 24.4 Å². The molecule has 3 heterocycles. The lowest BCUT2D eigenvalue weighted by atomic mass is 9.96. The summed E-state index contributed by atoms with van der Waals surface area (Å²) in [5, 5.41) is 4.07. The zero-order valence-corrected chi connectivity index (χ0v) is 13.9. The number of ether oxygens (including phenoxy) is 1. The van der Waals surface area contributed by atoms with E-state index in [1.165, 1.54) is 0 Å². The monoisotopic (exact) mass is 327 g/mol. The van der Waals surface area contributed by atoms with E-state index >= 15 is 0 Å². The Morgan fingerprint density at radius 3 is 2.96 bits per heavy atom. The second-order valence-electron chi connectivity index (χ2n) is 6.45. The molecule has 3 atom stereocenters. The first-order valence-corrected chi connectivity index (χ1v) is 8.57. The Hall–Kier alpha value is -2.37. The number of para-hydroxylation sites is 1. The Kier molecular flexibility index (Phi) is 3.75. The van der Waals surface area contributed by atoms with Crippen LogP contribution < -0.4 is 4.74 Å². The van der Waals surface area contributed by atoms with Crippen molar-refractivity contribution in [2.24, 2.45) is 0 Å². The van der Waals surface area contributed by atoms with E-state index in [1.54, 1.807) is 0 Å². The topological polar surface area (TPSA) is 68.5 Å². The maximum Gasteiger partial charge on any atom is 0.264 e. The van der Waals surface area contributed by atoms with E-state index in [1.807, 2.05) is 43.0 Å². The molecule has 2 aliphatic heterocycles. The van der Waals surface area contributed by atoms with Gasteiger partial charge in [0.2, 0.25) is 5.89 Å². The fourth-order valence-corrected chi connectivity index (χ4v) is 3.64. The van der Waals surface area contributed by atoms with Crippen molar-refractivity contribution in [1.29, 1.82) is 0 Å². The molecule has 0 saturated carbocycles. The number of nitrogens with zero attached hydrogens (tertiary/aromatic N) is 3. The van der Waals surface area contributed by atoms with Gasteiger partial charge in [-0.3, -0.25) is 4.79 Å². The predicted octanol–water partition coefficient (Wildman–Crippen LogP) is 2.86. The molecule has 24 heavy (non-hydrogen) atoms. The fourth-order valence-electron chi connectivity index (χ4n) is 3.64. The van der Waals surface area contributed by atoms with Crippen LogP contribution >= 0.6 is 0 Å². The number of hydrogen-bond acceptors (Lipinski definition) is 5. The van der Waals surface area contributed by atoms with Gasteiger partial charge in [-0.1, -0.05) is 37.2 Å². The molecule has 1 aromatic heterocycles. The highest BCUT2D eigenvalue weighted by atomic mass is 16.5. The zero-order valence-electron chi connectivity index (χ0n) is 13.9. The van der Waals surface area contributed by atoms with E-state index in [0.717, 1.165) is 24.2 Å². The summed E-state index contributed by atoms with van der Waals surface area (Å²) < 4.78 is 11.2. The zero-order chi connectivity index (χ0) is 16.7. The number of aryl methyl sites for hydroxylation is 1. The number of carbonyl (C=O) groups excluding carboxylic acids is 1. The Labute approximate surface area is 140 Å². The fraction of sp³-hybridized carbons (Fsp3) is 0.500. The largest absolute Gasteiger partial charge is 0.480 e. The molecule has 1 aromatic carbocycles. The molecule has 0 spiro atoms. The van der Waals surface area contributed by atoms with Crippen LogP contribution in [0.25, 0.3) is 0 Å². The van der Waals surface area contributed by atoms with Gasteiger partial charge in [0.05, 0.1) is 6.04 Å². The van der Waals surface area contributed by atoms with Crippen LogP contribution in [0.1, 0.15) is 55.9 Å². The van der Waals surface area contributed by atoms with E-state index in [-0.39, 0.29) is 17.9 Å². The van der Waals surface area contributed by atoms with Crippen molar-refractivity contribution in [3.63, 3.8) is 0 Å². The van der Waals surface area contributed by atoms with Gasteiger partial charge in [-0.25, -0.2) is 0 Å². The third-order valence-electron chi connectivity index (χ3n) is 4.98. The summed E-state index contributed by atoms with van der Waals surface area (Å²) in [5.41, 5.74) is 1.10. The second-order valence-corrected chi connectivity index (χ2v) is 6.45. The van der Waals surface area contributed by atoms with Gasteiger partial charge in [-0.05, 0) is 18.9 Å². The van der Waals surface area contributed by atoms with Crippen molar-refractivity contribution in [2.75, 3.05) is 6.54 Å². The van der Waals surface area contributed by atoms with Gasteiger partial charge in [-0.2, -0.15) is 4.98 Å². The number of benzene rings is 1. The van der Waals surface area contributed by atoms with Crippen molar-refractivity contribution in [1.82, 2.24) is 15.0 Å². The van der Waals surface area contributed by atoms with Crippen LogP contribution in [0.15, 0.2) is 28.8 Å². The molecule has 2 aliphatic rings. The molecule has 0 bridgehead atoms. The maximum atomic E-state index is 13.1. The van der Waals surface area contributed by atoms with Gasteiger partial charge in [0.25, 0.3) is 5.91 Å². The Morgan fingerprint density at radius 2 is 2.21 bits per heavy atom. The molecule has 6 heteroatoms. The molecular weight excluding hydrogens is 306 g/mol. The minimum absolute atomic E-state index is 0.0176. The summed E-state index contributed by atoms with van der Waals surface area (Å²) in [6, 6.07) is 7.76. The van der Waals surface area contributed by atoms with E-state index in [0.29, 0.717) is 24.7 Å². The molecule has 0 unspecified atom stereocenters. The maximum absolute atomic E-state index is 13.1. The first-order valence-electron chi connectivity index (χ1n) is 8.57. The Bertz CT molecular complexity index is 757. The number of carbonyl (C=O) groups is 1. The first kappa shape index (κ1) is 15.2. The number of likely N-dealkylation sites (tertiary alicyclic amines) is 1. The summed E-state index contributed by atoms with van der Waals surface area (Å²) in [6.45, 7) is 4.73. The van der Waals surface area contributed by atoms with E-state index < -0.39 is 6.10 Å². The minimum Gasteiger partial charge on any atom is -0.480 e. The SMILES string of the molecule is CCc1nc([C@@H]2CCCN2C(=O)[C@H]2Oc3ccccc3[C@@H]2C)no1. The van der Waals surface area contributed by atoms with E-state index in [4.69, 9.17) is 9.26 Å². The van der Waals surface area contributed by atoms with Gasteiger partial charge >= 0.3 is 0 Å². The second kappa shape index (κ2) is 5.92. The van der Waals surface area contributed by atoms with Gasteiger partial charge in [-0.15, -0.1) is 0 Å². The average molecular weight is 327 g/mol. The van der Waals surface area contributed by atoms with Crippen molar-refractivity contribution in [2.45, 2.75) is 51.2 Å². The molecule has 6 nitrogen and oxygen atoms in total. The number of hydrogen-bond donors (Lipinski definition) is 0. The molecule has 1 amide bonds. The van der Waals surface area contributed by atoms with Crippen LogP contribution in [0.5, 0.6) is 5.75 Å². The minimum atomic E-state index is -0.472. The van der Waals surface area contributed by atoms with Gasteiger partial charge in [0.1, 0.15) is 5.75 Å². The highest BCUT2D eigenvalue weighted by Gasteiger charge is 2.43. The number of aromatic nitrogens is 2. The number of amides is 1. The molecular formula is C18H21N3O3. The molecule has 0 N–H and O–H groups in total. The number of fused-ring (bicyclic) bond motifs is 1. The van der Waals surface area contributed by atoms with Crippen LogP contribution in [-0.4, -0.2) is 33.6 Å². The predicted molar refractivity (Wildman–Crippen MR) is 86.6 cm³/mol. The molecule has 1 saturated heterocycles. The molecule has 1 fully saturated rings. The lowest BCUT2D eigenvalue weighted by Gasteiger charge is -2.26. The molecule has 2 aromatic rings. The summed E-state index contributed by atoms with van der Waals surface area (Å²) >= 11 is 0. The molecule has 126 valence electrons. The summed E-state index contributed by atoms with van der Waals surface area (Å²) in [7, 11) is 0. The lowest BCUT2D eigenvalue weighted by molar-refractivity contribution is -0.139. The average Bonchev–Trinajstić information content (AvgIpc) is 3.32. The van der Waals surface area contributed by atoms with E-state index in [9.17, 15) is 4.79 Å². The van der Waals surface area contributed by atoms with Gasteiger partial charge in [0.15, 0.2) is 11.9 Å². The highest BCUT2D eigenvalue weighted by Crippen LogP contribution is 2.40. The van der Waals surface area contributed by atoms with E-state index in [2.05, 4.69) is 10.1 Å².